The third-order valence-electron chi connectivity index (χ3n) is 9.98. The van der Waals surface area contributed by atoms with Crippen molar-refractivity contribution in [1.82, 2.24) is 19.3 Å². The Bertz CT molecular complexity index is 2150. The van der Waals surface area contributed by atoms with Gasteiger partial charge in [-0.2, -0.15) is 11.2 Å². The standard InChI is InChI=1S/C42H44N4O.Pt/c1-9-31-16-17-43-40(20-31)45-38-13-11-10-12-36(38)37-15-14-34(24-39(37)45)47-35-22-32(25(2)3)21-33(23-35)46-30(8)42(29(7)44-46)41-27(5)18-26(4)19-28(41)6;/h10-18,20-22,25-26,28,41H,9,19H2,1-8H3;/q-2;+2/t26-,28-,41?;/m0./s1. The molecule has 1 aliphatic rings. The molecule has 0 fully saturated rings. The zero-order valence-electron chi connectivity index (χ0n) is 29.2. The maximum atomic E-state index is 6.62. The van der Waals surface area contributed by atoms with Gasteiger partial charge in [-0.05, 0) is 86.2 Å². The minimum Gasteiger partial charge on any atom is -0.509 e. The number of nitrogens with zero attached hydrogens (tertiary/aromatic N) is 4. The van der Waals surface area contributed by atoms with Gasteiger partial charge in [-0.15, -0.1) is 41.3 Å². The van der Waals surface area contributed by atoms with Gasteiger partial charge >= 0.3 is 21.1 Å². The van der Waals surface area contributed by atoms with E-state index in [1.807, 2.05) is 12.3 Å². The zero-order valence-corrected chi connectivity index (χ0v) is 31.4. The molecule has 6 aromatic rings. The van der Waals surface area contributed by atoms with Crippen LogP contribution in [0.1, 0.15) is 87.9 Å². The molecule has 0 bridgehead atoms. The average Bonchev–Trinajstić information content (AvgIpc) is 3.53. The zero-order chi connectivity index (χ0) is 33.0. The summed E-state index contributed by atoms with van der Waals surface area (Å²) in [4.78, 5) is 4.77. The number of fused-ring (bicyclic) bond motifs is 3. The van der Waals surface area contributed by atoms with Crippen LogP contribution in [0.2, 0.25) is 0 Å². The number of benzene rings is 3. The summed E-state index contributed by atoms with van der Waals surface area (Å²) < 4.78 is 10.9. The van der Waals surface area contributed by atoms with Crippen molar-refractivity contribution in [3.8, 4) is 23.0 Å². The first-order valence-electron chi connectivity index (χ1n) is 17.0. The van der Waals surface area contributed by atoms with Crippen molar-refractivity contribution < 1.29 is 25.8 Å². The van der Waals surface area contributed by atoms with Crippen LogP contribution in [0.25, 0.3) is 33.3 Å². The van der Waals surface area contributed by atoms with Gasteiger partial charge in [0.15, 0.2) is 0 Å². The van der Waals surface area contributed by atoms with Crippen LogP contribution < -0.4 is 4.74 Å². The predicted octanol–water partition coefficient (Wildman–Crippen LogP) is 10.8. The summed E-state index contributed by atoms with van der Waals surface area (Å²) in [6.07, 6.45) is 6.47. The van der Waals surface area contributed by atoms with Crippen molar-refractivity contribution in [2.24, 2.45) is 11.8 Å². The fourth-order valence-corrected chi connectivity index (χ4v) is 7.79. The van der Waals surface area contributed by atoms with E-state index in [2.05, 4.69) is 137 Å². The Kier molecular flexibility index (Phi) is 9.55. The van der Waals surface area contributed by atoms with E-state index < -0.39 is 0 Å². The number of allylic oxidation sites excluding steroid dienone is 2. The summed E-state index contributed by atoms with van der Waals surface area (Å²) in [5.41, 5.74) is 10.4. The van der Waals surface area contributed by atoms with E-state index in [0.717, 1.165) is 45.4 Å². The van der Waals surface area contributed by atoms with Gasteiger partial charge in [-0.25, -0.2) is 4.98 Å². The number of aromatic nitrogens is 4. The molecular weight excluding hydrogens is 772 g/mol. The van der Waals surface area contributed by atoms with Gasteiger partial charge in [-0.1, -0.05) is 70.0 Å². The molecule has 1 unspecified atom stereocenters. The van der Waals surface area contributed by atoms with Crippen molar-refractivity contribution >= 4 is 21.8 Å². The Hall–Kier alpha value is -3.95. The van der Waals surface area contributed by atoms with E-state index >= 15 is 0 Å². The van der Waals surface area contributed by atoms with Crippen LogP contribution in [-0.2, 0) is 27.5 Å². The predicted molar refractivity (Wildman–Crippen MR) is 192 cm³/mol. The summed E-state index contributed by atoms with van der Waals surface area (Å²) in [7, 11) is 0. The van der Waals surface area contributed by atoms with Gasteiger partial charge in [0, 0.05) is 40.4 Å². The van der Waals surface area contributed by atoms with Gasteiger partial charge in [0.2, 0.25) is 0 Å². The maximum Gasteiger partial charge on any atom is 2.00 e. The molecule has 0 spiro atoms. The van der Waals surface area contributed by atoms with Crippen LogP contribution in [0.5, 0.6) is 11.5 Å². The molecular formula is C42H44N4OPt. The largest absolute Gasteiger partial charge is 2.00 e. The van der Waals surface area contributed by atoms with Gasteiger partial charge in [0.25, 0.3) is 0 Å². The van der Waals surface area contributed by atoms with E-state index in [4.69, 9.17) is 14.8 Å². The number of hydrogen-bond acceptors (Lipinski definition) is 3. The molecule has 5 nitrogen and oxygen atoms in total. The van der Waals surface area contributed by atoms with E-state index in [1.165, 1.54) is 34.4 Å². The number of para-hydroxylation sites is 1. The Balaban J connectivity index is 0.00000401. The molecule has 3 aromatic heterocycles. The summed E-state index contributed by atoms with van der Waals surface area (Å²) in [5, 5.41) is 7.38. The number of rotatable bonds is 7. The molecule has 3 atom stereocenters. The number of ether oxygens (including phenoxy) is 1. The Morgan fingerprint density at radius 1 is 0.938 bits per heavy atom. The quantitative estimate of drug-likeness (QED) is 0.119. The second-order valence-electron chi connectivity index (χ2n) is 13.8. The second-order valence-corrected chi connectivity index (χ2v) is 13.8. The topological polar surface area (TPSA) is 44.9 Å². The van der Waals surface area contributed by atoms with Crippen molar-refractivity contribution in [2.45, 2.75) is 80.1 Å². The van der Waals surface area contributed by atoms with Gasteiger partial charge in [0.1, 0.15) is 5.82 Å². The van der Waals surface area contributed by atoms with E-state index in [0.29, 0.717) is 35.2 Å². The Morgan fingerprint density at radius 3 is 2.48 bits per heavy atom. The smallest absolute Gasteiger partial charge is 0.509 e. The summed E-state index contributed by atoms with van der Waals surface area (Å²) >= 11 is 0. The minimum absolute atomic E-state index is 0. The third-order valence-corrected chi connectivity index (χ3v) is 9.98. The van der Waals surface area contributed by atoms with Crippen LogP contribution in [0, 0.1) is 37.8 Å². The fraction of sp³-hybridized carbons (Fsp3) is 0.333. The first-order chi connectivity index (χ1) is 22.6. The summed E-state index contributed by atoms with van der Waals surface area (Å²) in [5.74, 6) is 4.03. The molecule has 6 heteroatoms. The molecule has 0 saturated heterocycles. The van der Waals surface area contributed by atoms with Crippen molar-refractivity contribution in [3.05, 3.63) is 119 Å². The third kappa shape index (κ3) is 6.07. The molecule has 248 valence electrons. The van der Waals surface area contributed by atoms with E-state index in [9.17, 15) is 0 Å². The van der Waals surface area contributed by atoms with Crippen LogP contribution in [-0.4, -0.2) is 19.3 Å². The van der Waals surface area contributed by atoms with Crippen LogP contribution >= 0.6 is 0 Å². The Labute approximate surface area is 299 Å². The van der Waals surface area contributed by atoms with Gasteiger partial charge < -0.3 is 9.30 Å². The van der Waals surface area contributed by atoms with Gasteiger partial charge in [-0.3, -0.25) is 4.68 Å². The molecule has 0 radical (unpaired) electrons. The Morgan fingerprint density at radius 2 is 1.73 bits per heavy atom. The number of pyridine rings is 1. The molecule has 48 heavy (non-hydrogen) atoms. The van der Waals surface area contributed by atoms with E-state index in [1.54, 1.807) is 0 Å². The first kappa shape index (κ1) is 33.9. The fourth-order valence-electron chi connectivity index (χ4n) is 7.79. The normalized spacial score (nSPS) is 17.9. The SMILES string of the molecule is CCc1ccnc(-n2c3[c-]c(Oc4[c-]c(-n5nc(C)c(C6C(C)=C[C@H](C)C[C@@H]6C)c5C)cc(C(C)C)c4)ccc3c3ccccc32)c1.[Pt+2]. The molecule has 0 aliphatic heterocycles. The molecule has 3 aromatic carbocycles. The van der Waals surface area contributed by atoms with Crippen LogP contribution in [0.15, 0.2) is 78.5 Å². The second kappa shape index (κ2) is 13.5. The summed E-state index contributed by atoms with van der Waals surface area (Å²) in [6, 6.07) is 28.3. The van der Waals surface area contributed by atoms with Gasteiger partial charge in [0.05, 0.1) is 5.69 Å². The van der Waals surface area contributed by atoms with E-state index in [-0.39, 0.29) is 21.1 Å². The molecule has 3 heterocycles. The van der Waals surface area contributed by atoms with Crippen molar-refractivity contribution in [2.75, 3.05) is 0 Å². The molecule has 1 aliphatic carbocycles. The number of hydrogen-bond donors (Lipinski definition) is 0. The molecule has 0 N–H and O–H groups in total. The monoisotopic (exact) mass is 815 g/mol. The minimum atomic E-state index is 0. The van der Waals surface area contributed by atoms with Crippen LogP contribution in [0.3, 0.4) is 0 Å². The van der Waals surface area contributed by atoms with Crippen molar-refractivity contribution in [3.63, 3.8) is 0 Å². The van der Waals surface area contributed by atoms with Crippen LogP contribution in [0.4, 0.5) is 0 Å². The number of aryl methyl sites for hydroxylation is 2. The van der Waals surface area contributed by atoms with Crippen molar-refractivity contribution in [1.29, 1.82) is 0 Å². The molecule has 7 rings (SSSR count). The average molecular weight is 816 g/mol. The molecule has 0 saturated carbocycles. The first-order valence-corrected chi connectivity index (χ1v) is 17.0. The maximum absolute atomic E-state index is 6.62. The summed E-state index contributed by atoms with van der Waals surface area (Å²) in [6.45, 7) is 17.9. The molecule has 0 amide bonds.